The molecule has 2 aromatic heterocycles. The molecule has 0 aliphatic heterocycles. The highest BCUT2D eigenvalue weighted by Gasteiger charge is 2.07. The van der Waals surface area contributed by atoms with E-state index in [-0.39, 0.29) is 12.2 Å². The number of nitrogens with one attached hydrogen (secondary N) is 2. The van der Waals surface area contributed by atoms with Crippen LogP contribution in [0.4, 0.5) is 16.2 Å². The second-order valence-corrected chi connectivity index (χ2v) is 6.80. The second-order valence-electron chi connectivity index (χ2n) is 6.39. The first-order valence-corrected chi connectivity index (χ1v) is 9.49. The van der Waals surface area contributed by atoms with Gasteiger partial charge in [0, 0.05) is 24.0 Å². The van der Waals surface area contributed by atoms with Crippen LogP contribution in [0.15, 0.2) is 83.8 Å². The summed E-state index contributed by atoms with van der Waals surface area (Å²) in [6.07, 6.45) is 1.66. The Morgan fingerprint density at radius 1 is 1.00 bits per heavy atom. The van der Waals surface area contributed by atoms with E-state index < -0.39 is 6.03 Å². The van der Waals surface area contributed by atoms with Crippen molar-refractivity contribution in [2.24, 2.45) is 0 Å². The Labute approximate surface area is 176 Å². The van der Waals surface area contributed by atoms with Gasteiger partial charge in [-0.1, -0.05) is 35.9 Å². The number of halogens is 1. The van der Waals surface area contributed by atoms with Gasteiger partial charge in [-0.05, 0) is 36.4 Å². The van der Waals surface area contributed by atoms with E-state index in [9.17, 15) is 9.59 Å². The van der Waals surface area contributed by atoms with E-state index in [1.54, 1.807) is 66.9 Å². The van der Waals surface area contributed by atoms with Gasteiger partial charge in [-0.25, -0.2) is 9.78 Å². The number of nitrogens with zero attached hydrogens (tertiary/aromatic N) is 2. The van der Waals surface area contributed by atoms with E-state index in [4.69, 9.17) is 16.3 Å². The third kappa shape index (κ3) is 4.59. The van der Waals surface area contributed by atoms with Gasteiger partial charge in [0.1, 0.15) is 18.0 Å². The van der Waals surface area contributed by atoms with Gasteiger partial charge in [-0.2, -0.15) is 0 Å². The molecule has 2 heterocycles. The van der Waals surface area contributed by atoms with Gasteiger partial charge in [0.15, 0.2) is 0 Å². The monoisotopic (exact) mass is 420 g/mol. The molecule has 150 valence electrons. The third-order valence-electron chi connectivity index (χ3n) is 4.22. The van der Waals surface area contributed by atoms with Gasteiger partial charge in [0.2, 0.25) is 0 Å². The molecule has 2 aromatic carbocycles. The largest absolute Gasteiger partial charge is 0.487 e. The molecule has 4 rings (SSSR count). The fraction of sp³-hybridized carbons (Fsp3) is 0.0455. The fourth-order valence-electron chi connectivity index (χ4n) is 2.85. The molecule has 0 atom stereocenters. The van der Waals surface area contributed by atoms with Crippen molar-refractivity contribution in [3.05, 3.63) is 100 Å². The summed E-state index contributed by atoms with van der Waals surface area (Å²) >= 11 is 6.05. The second kappa shape index (κ2) is 8.67. The van der Waals surface area contributed by atoms with Crippen molar-refractivity contribution < 1.29 is 9.53 Å². The lowest BCUT2D eigenvalue weighted by Gasteiger charge is -2.11. The Balaban J connectivity index is 1.42. The molecule has 0 unspecified atom stereocenters. The molecule has 0 aliphatic rings. The summed E-state index contributed by atoms with van der Waals surface area (Å²) in [5.74, 6) is 0.528. The molecule has 2 amide bonds. The summed E-state index contributed by atoms with van der Waals surface area (Å²) in [7, 11) is 0. The zero-order chi connectivity index (χ0) is 20.9. The summed E-state index contributed by atoms with van der Waals surface area (Å²) < 4.78 is 7.22. The molecular formula is C22H17ClN4O3. The maximum atomic E-state index is 12.2. The van der Waals surface area contributed by atoms with E-state index in [2.05, 4.69) is 15.6 Å². The van der Waals surface area contributed by atoms with Crippen molar-refractivity contribution in [2.45, 2.75) is 6.61 Å². The van der Waals surface area contributed by atoms with Gasteiger partial charge in [0.25, 0.3) is 5.56 Å². The van der Waals surface area contributed by atoms with Crippen LogP contribution in [-0.2, 0) is 6.61 Å². The summed E-state index contributed by atoms with van der Waals surface area (Å²) in [5, 5.41) is 5.87. The number of urea groups is 1. The van der Waals surface area contributed by atoms with Crippen molar-refractivity contribution in [1.82, 2.24) is 9.38 Å². The molecule has 4 aromatic rings. The number of carbonyl (C=O) groups excluding carboxylic acids is 1. The molecule has 0 aliphatic carbocycles. The van der Waals surface area contributed by atoms with Crippen LogP contribution in [0.3, 0.4) is 0 Å². The Bertz CT molecular complexity index is 1270. The summed E-state index contributed by atoms with van der Waals surface area (Å²) in [5.41, 5.74) is 1.95. The normalized spacial score (nSPS) is 10.6. The van der Waals surface area contributed by atoms with Crippen LogP contribution < -0.4 is 20.9 Å². The zero-order valence-corrected chi connectivity index (χ0v) is 16.5. The van der Waals surface area contributed by atoms with Crippen molar-refractivity contribution in [3.8, 4) is 5.75 Å². The zero-order valence-electron chi connectivity index (χ0n) is 15.7. The van der Waals surface area contributed by atoms with Gasteiger partial charge in [-0.3, -0.25) is 9.20 Å². The van der Waals surface area contributed by atoms with Crippen LogP contribution in [-0.4, -0.2) is 15.4 Å². The Hall–Kier alpha value is -3.84. The van der Waals surface area contributed by atoms with Crippen molar-refractivity contribution in [3.63, 3.8) is 0 Å². The van der Waals surface area contributed by atoms with Gasteiger partial charge in [-0.15, -0.1) is 0 Å². The molecule has 7 nitrogen and oxygen atoms in total. The van der Waals surface area contributed by atoms with Gasteiger partial charge in [0.05, 0.1) is 16.4 Å². The molecular weight excluding hydrogens is 404 g/mol. The summed E-state index contributed by atoms with van der Waals surface area (Å²) in [4.78, 5) is 28.8. The Kier molecular flexibility index (Phi) is 5.63. The number of fused-ring (bicyclic) bond motifs is 1. The number of ether oxygens (including phenoxy) is 1. The van der Waals surface area contributed by atoms with Crippen LogP contribution in [0.5, 0.6) is 5.75 Å². The van der Waals surface area contributed by atoms with Crippen molar-refractivity contribution >= 4 is 34.7 Å². The van der Waals surface area contributed by atoms with Crippen molar-refractivity contribution in [1.29, 1.82) is 0 Å². The number of aromatic nitrogens is 2. The number of pyridine rings is 1. The van der Waals surface area contributed by atoms with Crippen LogP contribution in [0.2, 0.25) is 5.02 Å². The highest BCUT2D eigenvalue weighted by molar-refractivity contribution is 6.33. The highest BCUT2D eigenvalue weighted by Crippen LogP contribution is 2.22. The van der Waals surface area contributed by atoms with Crippen LogP contribution in [0.25, 0.3) is 5.65 Å². The number of hydrogen-bond acceptors (Lipinski definition) is 4. The molecule has 30 heavy (non-hydrogen) atoms. The van der Waals surface area contributed by atoms with Crippen molar-refractivity contribution in [2.75, 3.05) is 10.6 Å². The number of hydrogen-bond donors (Lipinski definition) is 2. The highest BCUT2D eigenvalue weighted by atomic mass is 35.5. The lowest BCUT2D eigenvalue weighted by molar-refractivity contribution is 0.262. The number of para-hydroxylation sites is 1. The molecule has 0 saturated carbocycles. The third-order valence-corrected chi connectivity index (χ3v) is 4.55. The lowest BCUT2D eigenvalue weighted by atomic mass is 10.3. The first kappa shape index (κ1) is 19.5. The molecule has 2 N–H and O–H groups in total. The quantitative estimate of drug-likeness (QED) is 0.495. The minimum absolute atomic E-state index is 0.121. The SMILES string of the molecule is O=C(Nc1cccc(OCc2cc(=O)n3ccccc3n2)c1)Nc1ccccc1Cl. The molecule has 0 spiro atoms. The topological polar surface area (TPSA) is 84.7 Å². The van der Waals surface area contributed by atoms with Crippen LogP contribution in [0, 0.1) is 0 Å². The maximum Gasteiger partial charge on any atom is 0.323 e. The first-order chi connectivity index (χ1) is 14.6. The van der Waals surface area contributed by atoms with E-state index in [0.29, 0.717) is 33.5 Å². The molecule has 8 heteroatoms. The average Bonchev–Trinajstić information content (AvgIpc) is 2.74. The summed E-state index contributed by atoms with van der Waals surface area (Å²) in [6.45, 7) is 0.121. The summed E-state index contributed by atoms with van der Waals surface area (Å²) in [6, 6.07) is 20.2. The predicted octanol–water partition coefficient (Wildman–Crippen LogP) is 4.57. The van der Waals surface area contributed by atoms with E-state index in [0.717, 1.165) is 0 Å². The van der Waals surface area contributed by atoms with E-state index in [1.807, 2.05) is 6.07 Å². The van der Waals surface area contributed by atoms with Gasteiger partial charge >= 0.3 is 6.03 Å². The molecule has 0 radical (unpaired) electrons. The van der Waals surface area contributed by atoms with E-state index in [1.165, 1.54) is 10.5 Å². The lowest BCUT2D eigenvalue weighted by Crippen LogP contribution is -2.19. The number of anilines is 2. The number of benzene rings is 2. The number of rotatable bonds is 5. The number of carbonyl (C=O) groups is 1. The minimum Gasteiger partial charge on any atom is -0.487 e. The van der Waals surface area contributed by atoms with Crippen LogP contribution >= 0.6 is 11.6 Å². The molecule has 0 bridgehead atoms. The maximum absolute atomic E-state index is 12.2. The van der Waals surface area contributed by atoms with Crippen LogP contribution in [0.1, 0.15) is 5.69 Å². The smallest absolute Gasteiger partial charge is 0.323 e. The van der Waals surface area contributed by atoms with E-state index >= 15 is 0 Å². The first-order valence-electron chi connectivity index (χ1n) is 9.11. The molecule has 0 saturated heterocycles. The fourth-order valence-corrected chi connectivity index (χ4v) is 3.03. The Morgan fingerprint density at radius 2 is 1.83 bits per heavy atom. The molecule has 0 fully saturated rings. The van der Waals surface area contributed by atoms with Gasteiger partial charge < -0.3 is 15.4 Å². The standard InChI is InChI=1S/C22H17ClN4O3/c23-18-8-1-2-9-19(18)26-22(29)25-15-6-5-7-17(12-15)30-14-16-13-21(28)27-11-4-3-10-20(27)24-16/h1-13H,14H2,(H2,25,26,29). The average molecular weight is 421 g/mol. The predicted molar refractivity (Wildman–Crippen MR) is 116 cm³/mol. The number of amides is 2. The minimum atomic E-state index is -0.426. The Morgan fingerprint density at radius 3 is 2.70 bits per heavy atom.